The van der Waals surface area contributed by atoms with Gasteiger partial charge in [0, 0.05) is 25.3 Å². The lowest BCUT2D eigenvalue weighted by atomic mass is 9.93. The topological polar surface area (TPSA) is 88.9 Å². The van der Waals surface area contributed by atoms with Crippen molar-refractivity contribution in [3.8, 4) is 17.6 Å². The zero-order chi connectivity index (χ0) is 25.4. The number of ether oxygens (including phenoxy) is 3. The lowest BCUT2D eigenvalue weighted by Gasteiger charge is -2.27. The molecule has 3 rings (SSSR count). The number of carbonyl (C=O) groups is 2. The minimum atomic E-state index is -0.592. The van der Waals surface area contributed by atoms with Gasteiger partial charge in [0.25, 0.3) is 11.8 Å². The molecule has 0 bridgehead atoms. The summed E-state index contributed by atoms with van der Waals surface area (Å²) in [5.74, 6) is -0.452. The number of hydrogen-bond donors (Lipinski definition) is 0. The summed E-state index contributed by atoms with van der Waals surface area (Å²) in [6, 6.07) is 13.1. The minimum absolute atomic E-state index is 0.0570. The summed E-state index contributed by atoms with van der Waals surface area (Å²) < 4.78 is 29.7. The van der Waals surface area contributed by atoms with Crippen molar-refractivity contribution in [3.05, 3.63) is 76.1 Å². The number of amides is 2. The molecule has 0 saturated heterocycles. The predicted molar refractivity (Wildman–Crippen MR) is 128 cm³/mol. The lowest BCUT2D eigenvalue weighted by molar-refractivity contribution is -0.140. The van der Waals surface area contributed by atoms with Crippen molar-refractivity contribution >= 4 is 17.9 Å². The van der Waals surface area contributed by atoms with Crippen LogP contribution in [0.2, 0.25) is 0 Å². The highest BCUT2D eigenvalue weighted by Crippen LogP contribution is 2.32. The first-order valence-electron chi connectivity index (χ1n) is 11.2. The van der Waals surface area contributed by atoms with E-state index in [1.54, 1.807) is 43.3 Å². The molecule has 0 unspecified atom stereocenters. The standard InChI is InChI=1S/C27H27FN2O5/c1-4-34-13-5-12-30-26(31)22(18(2)23(16-29)27(30)32)14-20-8-11-24(25(15-20)33-3)35-17-19-6-9-21(28)10-7-19/h6-11,14-15H,4-5,12-13,17H2,1-3H3/b22-14+. The molecule has 0 aromatic heterocycles. The van der Waals surface area contributed by atoms with Crippen LogP contribution in [-0.2, 0) is 20.9 Å². The molecule has 2 amide bonds. The number of halogens is 1. The van der Waals surface area contributed by atoms with Crippen molar-refractivity contribution in [2.75, 3.05) is 26.9 Å². The van der Waals surface area contributed by atoms with Crippen LogP contribution in [0.3, 0.4) is 0 Å². The van der Waals surface area contributed by atoms with Crippen molar-refractivity contribution < 1.29 is 28.2 Å². The maximum Gasteiger partial charge on any atom is 0.271 e. The number of hydrogen-bond acceptors (Lipinski definition) is 6. The normalized spacial score (nSPS) is 14.9. The zero-order valence-corrected chi connectivity index (χ0v) is 20.0. The first-order chi connectivity index (χ1) is 16.9. The summed E-state index contributed by atoms with van der Waals surface area (Å²) >= 11 is 0. The number of benzene rings is 2. The monoisotopic (exact) mass is 478 g/mol. The maximum atomic E-state index is 13.2. The van der Waals surface area contributed by atoms with E-state index in [4.69, 9.17) is 14.2 Å². The van der Waals surface area contributed by atoms with Crippen molar-refractivity contribution in [1.29, 1.82) is 5.26 Å². The zero-order valence-electron chi connectivity index (χ0n) is 20.0. The number of nitriles is 1. The third-order valence-corrected chi connectivity index (χ3v) is 5.51. The highest BCUT2D eigenvalue weighted by molar-refractivity contribution is 6.19. The van der Waals surface area contributed by atoms with E-state index in [9.17, 15) is 19.2 Å². The van der Waals surface area contributed by atoms with Crippen LogP contribution in [0, 0.1) is 17.1 Å². The van der Waals surface area contributed by atoms with E-state index in [1.165, 1.54) is 19.2 Å². The van der Waals surface area contributed by atoms with E-state index in [1.807, 2.05) is 13.0 Å². The Balaban J connectivity index is 1.85. The Bertz CT molecular complexity index is 1200. The van der Waals surface area contributed by atoms with Gasteiger partial charge in [0.05, 0.1) is 7.11 Å². The van der Waals surface area contributed by atoms with E-state index in [0.717, 1.165) is 10.5 Å². The van der Waals surface area contributed by atoms with Crippen LogP contribution in [0.1, 0.15) is 31.4 Å². The number of imide groups is 1. The van der Waals surface area contributed by atoms with Gasteiger partial charge in [-0.2, -0.15) is 5.26 Å². The Kier molecular flexibility index (Phi) is 8.76. The van der Waals surface area contributed by atoms with E-state index in [0.29, 0.717) is 42.3 Å². The predicted octanol–water partition coefficient (Wildman–Crippen LogP) is 4.43. The number of nitrogens with zero attached hydrogens (tertiary/aromatic N) is 2. The fourth-order valence-corrected chi connectivity index (χ4v) is 3.60. The molecule has 0 atom stereocenters. The molecule has 1 heterocycles. The molecule has 7 nitrogen and oxygen atoms in total. The van der Waals surface area contributed by atoms with Gasteiger partial charge >= 0.3 is 0 Å². The molecular formula is C27H27FN2O5. The second-order valence-electron chi connectivity index (χ2n) is 7.81. The van der Waals surface area contributed by atoms with E-state index in [2.05, 4.69) is 0 Å². The maximum absolute atomic E-state index is 13.2. The summed E-state index contributed by atoms with van der Waals surface area (Å²) in [4.78, 5) is 26.9. The summed E-state index contributed by atoms with van der Waals surface area (Å²) in [6.07, 6.45) is 2.10. The average molecular weight is 479 g/mol. The molecule has 182 valence electrons. The molecule has 8 heteroatoms. The molecule has 0 aliphatic carbocycles. The van der Waals surface area contributed by atoms with Gasteiger partial charge in [-0.1, -0.05) is 18.2 Å². The second kappa shape index (κ2) is 12.0. The quantitative estimate of drug-likeness (QED) is 0.285. The van der Waals surface area contributed by atoms with Crippen LogP contribution in [0.25, 0.3) is 6.08 Å². The average Bonchev–Trinajstić information content (AvgIpc) is 2.86. The Morgan fingerprint density at radius 3 is 2.49 bits per heavy atom. The molecule has 0 N–H and O–H groups in total. The van der Waals surface area contributed by atoms with Gasteiger partial charge in [0.15, 0.2) is 11.5 Å². The van der Waals surface area contributed by atoms with Crippen LogP contribution >= 0.6 is 0 Å². The molecule has 1 aliphatic rings. The molecule has 0 saturated carbocycles. The van der Waals surface area contributed by atoms with Crippen LogP contribution in [0.4, 0.5) is 4.39 Å². The van der Waals surface area contributed by atoms with Gasteiger partial charge < -0.3 is 14.2 Å². The van der Waals surface area contributed by atoms with Crippen molar-refractivity contribution in [1.82, 2.24) is 4.90 Å². The van der Waals surface area contributed by atoms with Gasteiger partial charge in [-0.15, -0.1) is 0 Å². The number of methoxy groups -OCH3 is 1. The number of carbonyl (C=O) groups excluding carboxylic acids is 2. The highest BCUT2D eigenvalue weighted by atomic mass is 19.1. The van der Waals surface area contributed by atoms with Crippen LogP contribution in [0.15, 0.2) is 59.2 Å². The second-order valence-corrected chi connectivity index (χ2v) is 7.81. The minimum Gasteiger partial charge on any atom is -0.493 e. The molecule has 0 radical (unpaired) electrons. The van der Waals surface area contributed by atoms with Crippen molar-refractivity contribution in [2.24, 2.45) is 0 Å². The van der Waals surface area contributed by atoms with Gasteiger partial charge in [-0.3, -0.25) is 14.5 Å². The summed E-state index contributed by atoms with van der Waals surface area (Å²) in [5, 5.41) is 9.54. The van der Waals surface area contributed by atoms with Gasteiger partial charge in [0.2, 0.25) is 0 Å². The Hall–Kier alpha value is -3.96. The van der Waals surface area contributed by atoms with Crippen molar-refractivity contribution in [3.63, 3.8) is 0 Å². The molecular weight excluding hydrogens is 451 g/mol. The molecule has 35 heavy (non-hydrogen) atoms. The fourth-order valence-electron chi connectivity index (χ4n) is 3.60. The third-order valence-electron chi connectivity index (χ3n) is 5.51. The molecule has 2 aromatic carbocycles. The van der Waals surface area contributed by atoms with Gasteiger partial charge in [0.1, 0.15) is 24.1 Å². The highest BCUT2D eigenvalue weighted by Gasteiger charge is 2.35. The number of rotatable bonds is 10. The largest absolute Gasteiger partial charge is 0.493 e. The van der Waals surface area contributed by atoms with Crippen LogP contribution in [-0.4, -0.2) is 43.6 Å². The lowest BCUT2D eigenvalue weighted by Crippen LogP contribution is -2.43. The first-order valence-corrected chi connectivity index (χ1v) is 11.2. The third kappa shape index (κ3) is 6.14. The Morgan fingerprint density at radius 2 is 1.83 bits per heavy atom. The van der Waals surface area contributed by atoms with Gasteiger partial charge in [-0.05, 0) is 67.3 Å². The molecule has 1 aliphatic heterocycles. The summed E-state index contributed by atoms with van der Waals surface area (Å²) in [5.41, 5.74) is 1.98. The Labute approximate surface area is 204 Å². The van der Waals surface area contributed by atoms with Crippen LogP contribution in [0.5, 0.6) is 11.5 Å². The van der Waals surface area contributed by atoms with Gasteiger partial charge in [-0.25, -0.2) is 4.39 Å². The first kappa shape index (κ1) is 25.7. The fraction of sp³-hybridized carbons (Fsp3) is 0.296. The van der Waals surface area contributed by atoms with Crippen molar-refractivity contribution in [2.45, 2.75) is 26.9 Å². The summed E-state index contributed by atoms with van der Waals surface area (Å²) in [6.45, 7) is 4.80. The molecule has 2 aromatic rings. The summed E-state index contributed by atoms with van der Waals surface area (Å²) in [7, 11) is 1.50. The Morgan fingerprint density at radius 1 is 1.09 bits per heavy atom. The SMILES string of the molecule is CCOCCCN1C(=O)C(C#N)=C(C)/C(=C\c2ccc(OCc3ccc(F)cc3)c(OC)c2)C1=O. The van der Waals surface area contributed by atoms with Crippen LogP contribution < -0.4 is 9.47 Å². The smallest absolute Gasteiger partial charge is 0.271 e. The van der Waals surface area contributed by atoms with E-state index in [-0.39, 0.29) is 30.1 Å². The molecule has 0 fully saturated rings. The van der Waals surface area contributed by atoms with E-state index < -0.39 is 11.8 Å². The van der Waals surface area contributed by atoms with E-state index >= 15 is 0 Å². The molecule has 0 spiro atoms.